The highest BCUT2D eigenvalue weighted by Crippen LogP contribution is 2.27. The van der Waals surface area contributed by atoms with Gasteiger partial charge in [-0.05, 0) is 46.7 Å². The second-order valence-electron chi connectivity index (χ2n) is 6.39. The second-order valence-corrected chi connectivity index (χ2v) is 9.33. The summed E-state index contributed by atoms with van der Waals surface area (Å²) in [5.74, 6) is -0.493. The number of fused-ring (bicyclic) bond motifs is 1. The first-order valence-corrected chi connectivity index (χ1v) is 10.9. The number of carbonyl (C=O) groups excluding carboxylic acids is 1. The molecule has 4 rings (SSSR count). The molecule has 1 saturated heterocycles. The molecule has 0 aliphatic carbocycles. The van der Waals surface area contributed by atoms with Gasteiger partial charge in [-0.3, -0.25) is 4.79 Å². The van der Waals surface area contributed by atoms with E-state index >= 15 is 0 Å². The van der Waals surface area contributed by atoms with Gasteiger partial charge in [-0.2, -0.15) is 4.31 Å². The molecule has 0 saturated carbocycles. The third-order valence-corrected chi connectivity index (χ3v) is 7.41. The van der Waals surface area contributed by atoms with Gasteiger partial charge >= 0.3 is 0 Å². The van der Waals surface area contributed by atoms with Crippen LogP contribution in [-0.2, 0) is 21.4 Å². The van der Waals surface area contributed by atoms with Crippen LogP contribution in [0.2, 0.25) is 0 Å². The largest absolute Gasteiger partial charge is 0.351 e. The Bertz CT molecular complexity index is 1050. The molecule has 1 aliphatic heterocycles. The summed E-state index contributed by atoms with van der Waals surface area (Å²) in [5.41, 5.74) is 0.597. The number of nitrogens with one attached hydrogen (secondary N) is 1. The van der Waals surface area contributed by atoms with Crippen molar-refractivity contribution in [3.05, 3.63) is 40.6 Å². The minimum Gasteiger partial charge on any atom is -0.351 e. The number of rotatable bonds is 5. The summed E-state index contributed by atoms with van der Waals surface area (Å²) in [6.45, 7) is 0.989. The lowest BCUT2D eigenvalue weighted by atomic mass is 9.99. The molecule has 3 heterocycles. The number of benzene rings is 1. The van der Waals surface area contributed by atoms with Crippen LogP contribution in [0, 0.1) is 5.92 Å². The third-order valence-electron chi connectivity index (χ3n) is 4.64. The van der Waals surface area contributed by atoms with Crippen molar-refractivity contribution in [2.75, 3.05) is 13.1 Å². The molecule has 10 heteroatoms. The van der Waals surface area contributed by atoms with E-state index < -0.39 is 10.0 Å². The van der Waals surface area contributed by atoms with Crippen LogP contribution < -0.4 is 5.32 Å². The van der Waals surface area contributed by atoms with E-state index in [1.165, 1.54) is 10.4 Å². The fraction of sp³-hybridized carbons (Fsp3) is 0.353. The molecule has 1 aliphatic rings. The monoisotopic (exact) mass is 406 g/mol. The van der Waals surface area contributed by atoms with E-state index in [0.717, 1.165) is 4.88 Å². The highest BCUT2D eigenvalue weighted by atomic mass is 32.2. The molecule has 142 valence electrons. The lowest BCUT2D eigenvalue weighted by molar-refractivity contribution is -0.126. The number of piperidine rings is 1. The molecule has 0 bridgehead atoms. The van der Waals surface area contributed by atoms with Crippen molar-refractivity contribution >= 4 is 38.3 Å². The van der Waals surface area contributed by atoms with Crippen molar-refractivity contribution in [2.45, 2.75) is 24.3 Å². The lowest BCUT2D eigenvalue weighted by Gasteiger charge is -2.31. The summed E-state index contributed by atoms with van der Waals surface area (Å²) in [6, 6.07) is 8.62. The number of hydrogen-bond donors (Lipinski definition) is 1. The molecule has 2 aromatic heterocycles. The van der Waals surface area contributed by atoms with Gasteiger partial charge in [-0.25, -0.2) is 13.0 Å². The lowest BCUT2D eigenvalue weighted by Crippen LogP contribution is -2.45. The van der Waals surface area contributed by atoms with Gasteiger partial charge in [-0.15, -0.1) is 11.3 Å². The first-order valence-electron chi connectivity index (χ1n) is 8.57. The fourth-order valence-electron chi connectivity index (χ4n) is 3.24. The minimum absolute atomic E-state index is 0.0564. The third kappa shape index (κ3) is 3.60. The van der Waals surface area contributed by atoms with Crippen LogP contribution in [0.3, 0.4) is 0 Å². The predicted molar refractivity (Wildman–Crippen MR) is 99.5 cm³/mol. The normalized spacial score (nSPS) is 18.6. The van der Waals surface area contributed by atoms with Gasteiger partial charge in [-0.1, -0.05) is 12.1 Å². The van der Waals surface area contributed by atoms with E-state index in [2.05, 4.69) is 20.3 Å². The zero-order chi connectivity index (χ0) is 18.9. The average Bonchev–Trinajstić information content (AvgIpc) is 3.37. The number of thiophene rings is 1. The first-order chi connectivity index (χ1) is 13.1. The topological polar surface area (TPSA) is 105 Å². The maximum Gasteiger partial charge on any atom is 0.245 e. The molecule has 0 radical (unpaired) electrons. The number of nitrogens with zero attached hydrogens (tertiary/aromatic N) is 3. The zero-order valence-electron chi connectivity index (χ0n) is 14.4. The molecule has 1 N–H and O–H groups in total. The van der Waals surface area contributed by atoms with E-state index in [-0.39, 0.29) is 28.8 Å². The molecule has 1 atom stereocenters. The Hall–Kier alpha value is -2.30. The summed E-state index contributed by atoms with van der Waals surface area (Å²) >= 11 is 1.57. The summed E-state index contributed by atoms with van der Waals surface area (Å²) < 4.78 is 32.2. The number of amides is 1. The Balaban J connectivity index is 1.50. The highest BCUT2D eigenvalue weighted by Gasteiger charge is 2.34. The molecule has 3 aromatic rings. The van der Waals surface area contributed by atoms with Crippen LogP contribution >= 0.6 is 11.3 Å². The van der Waals surface area contributed by atoms with Crippen LogP contribution in [0.5, 0.6) is 0 Å². The van der Waals surface area contributed by atoms with Gasteiger partial charge in [0.25, 0.3) is 0 Å². The molecule has 0 spiro atoms. The van der Waals surface area contributed by atoms with Gasteiger partial charge in [0.2, 0.25) is 15.9 Å². The summed E-state index contributed by atoms with van der Waals surface area (Å²) in [4.78, 5) is 13.6. The number of sulfonamides is 1. The maximum atomic E-state index is 13.1. The van der Waals surface area contributed by atoms with Crippen LogP contribution in [-0.4, -0.2) is 42.0 Å². The number of carbonyl (C=O) groups is 1. The van der Waals surface area contributed by atoms with E-state index in [0.29, 0.717) is 31.4 Å². The number of aromatic nitrogens is 2. The van der Waals surface area contributed by atoms with Gasteiger partial charge in [0, 0.05) is 18.0 Å². The van der Waals surface area contributed by atoms with Crippen molar-refractivity contribution in [3.8, 4) is 0 Å². The van der Waals surface area contributed by atoms with Crippen LogP contribution in [0.1, 0.15) is 17.7 Å². The van der Waals surface area contributed by atoms with E-state index in [1.54, 1.807) is 23.5 Å². The quantitative estimate of drug-likeness (QED) is 0.695. The van der Waals surface area contributed by atoms with Crippen LogP contribution in [0.15, 0.2) is 45.2 Å². The zero-order valence-corrected chi connectivity index (χ0v) is 16.0. The van der Waals surface area contributed by atoms with Gasteiger partial charge in [0.15, 0.2) is 5.52 Å². The minimum atomic E-state index is -3.79. The number of hydrogen-bond acceptors (Lipinski definition) is 7. The second kappa shape index (κ2) is 7.37. The molecule has 27 heavy (non-hydrogen) atoms. The standard InChI is InChI=1S/C17H18N4O4S2/c22-17(18-10-13-5-3-9-26-13)12-4-2-8-21(11-12)27(23,24)15-7-1-6-14-16(15)20-25-19-14/h1,3,5-7,9,12H,2,4,8,10-11H2,(H,18,22). The van der Waals surface area contributed by atoms with Crippen LogP contribution in [0.4, 0.5) is 0 Å². The summed E-state index contributed by atoms with van der Waals surface area (Å²) in [5, 5.41) is 12.3. The molecule has 1 amide bonds. The van der Waals surface area contributed by atoms with Crippen molar-refractivity contribution in [1.82, 2.24) is 19.9 Å². The summed E-state index contributed by atoms with van der Waals surface area (Å²) in [6.07, 6.45) is 1.29. The Labute approximate surface area is 160 Å². The fourth-order valence-corrected chi connectivity index (χ4v) is 5.54. The Morgan fingerprint density at radius 3 is 3.00 bits per heavy atom. The molecular formula is C17H18N4O4S2. The summed E-state index contributed by atoms with van der Waals surface area (Å²) in [7, 11) is -3.79. The van der Waals surface area contributed by atoms with Crippen molar-refractivity contribution in [1.29, 1.82) is 0 Å². The Morgan fingerprint density at radius 1 is 1.30 bits per heavy atom. The maximum absolute atomic E-state index is 13.1. The molecule has 8 nitrogen and oxygen atoms in total. The Kier molecular flexibility index (Phi) is 4.94. The van der Waals surface area contributed by atoms with Gasteiger partial charge in [0.05, 0.1) is 12.5 Å². The van der Waals surface area contributed by atoms with Gasteiger partial charge in [0.1, 0.15) is 10.4 Å². The highest BCUT2D eigenvalue weighted by molar-refractivity contribution is 7.89. The van der Waals surface area contributed by atoms with Gasteiger partial charge < -0.3 is 5.32 Å². The van der Waals surface area contributed by atoms with E-state index in [9.17, 15) is 13.2 Å². The Morgan fingerprint density at radius 2 is 2.19 bits per heavy atom. The predicted octanol–water partition coefficient (Wildman–Crippen LogP) is 2.00. The average molecular weight is 406 g/mol. The SMILES string of the molecule is O=C(NCc1cccs1)C1CCCN(S(=O)(=O)c2cccc3nonc23)C1. The van der Waals surface area contributed by atoms with Crippen molar-refractivity contribution in [3.63, 3.8) is 0 Å². The molecular weight excluding hydrogens is 388 g/mol. The first kappa shape index (κ1) is 18.1. The molecule has 1 aromatic carbocycles. The smallest absolute Gasteiger partial charge is 0.245 e. The van der Waals surface area contributed by atoms with E-state index in [1.807, 2.05) is 17.5 Å². The van der Waals surface area contributed by atoms with Crippen molar-refractivity contribution < 1.29 is 17.8 Å². The van der Waals surface area contributed by atoms with Crippen LogP contribution in [0.25, 0.3) is 11.0 Å². The van der Waals surface area contributed by atoms with Crippen molar-refractivity contribution in [2.24, 2.45) is 5.92 Å². The molecule has 1 fully saturated rings. The van der Waals surface area contributed by atoms with E-state index in [4.69, 9.17) is 0 Å². The molecule has 1 unspecified atom stereocenters.